The second-order valence-electron chi connectivity index (χ2n) is 5.04. The Bertz CT molecular complexity index is 147. The lowest BCUT2D eigenvalue weighted by atomic mass is 10.4. The van der Waals surface area contributed by atoms with E-state index in [1.807, 2.05) is 0 Å². The lowest BCUT2D eigenvalue weighted by Crippen LogP contribution is -2.11. The summed E-state index contributed by atoms with van der Waals surface area (Å²) in [7, 11) is -0.664. The quantitative estimate of drug-likeness (QED) is 0.321. The molecule has 0 atom stereocenters. The standard InChI is InChI=1S/C15H32P.ClH/c1-5-9-13-16(12-8-4,14-10-6-2)15-11-7-3;/h8H,4-7,9-15H2,1-3H3;1H/q+1;. The summed E-state index contributed by atoms with van der Waals surface area (Å²) >= 11 is 0. The molecule has 2 heteroatoms. The summed E-state index contributed by atoms with van der Waals surface area (Å²) in [5, 5.41) is 0. The van der Waals surface area contributed by atoms with Crippen LogP contribution < -0.4 is 0 Å². The molecule has 0 unspecified atom stereocenters. The molecule has 104 valence electrons. The lowest BCUT2D eigenvalue weighted by Gasteiger charge is -2.26. The predicted molar refractivity (Wildman–Crippen MR) is 88.6 cm³/mol. The summed E-state index contributed by atoms with van der Waals surface area (Å²) in [6, 6.07) is 0. The molecule has 0 aliphatic rings. The normalized spacial score (nSPS) is 11.0. The number of allylic oxidation sites excluding steroid dienone is 1. The number of rotatable bonds is 11. The molecule has 17 heavy (non-hydrogen) atoms. The SMILES string of the molecule is C=CC[P+](CCCC)(CCCC)CCCC.Cl. The topological polar surface area (TPSA) is 0 Å². The Morgan fingerprint density at radius 1 is 0.824 bits per heavy atom. The van der Waals surface area contributed by atoms with Gasteiger partial charge in [-0.05, 0) is 19.3 Å². The summed E-state index contributed by atoms with van der Waals surface area (Å²) in [5.41, 5.74) is 0. The fraction of sp³-hybridized carbons (Fsp3) is 0.867. The molecule has 0 radical (unpaired) electrons. The molecule has 0 nitrogen and oxygen atoms in total. The third-order valence-electron chi connectivity index (χ3n) is 3.47. The van der Waals surface area contributed by atoms with Gasteiger partial charge >= 0.3 is 0 Å². The minimum atomic E-state index is -0.664. The van der Waals surface area contributed by atoms with Gasteiger partial charge in [0.05, 0.1) is 24.6 Å². The van der Waals surface area contributed by atoms with Crippen LogP contribution in [0.15, 0.2) is 12.7 Å². The zero-order chi connectivity index (χ0) is 12.3. The van der Waals surface area contributed by atoms with Crippen molar-refractivity contribution in [3.05, 3.63) is 12.7 Å². The van der Waals surface area contributed by atoms with E-state index in [-0.39, 0.29) is 12.4 Å². The van der Waals surface area contributed by atoms with Gasteiger partial charge in [0.15, 0.2) is 0 Å². The maximum absolute atomic E-state index is 4.00. The first-order chi connectivity index (χ1) is 7.74. The van der Waals surface area contributed by atoms with E-state index in [4.69, 9.17) is 0 Å². The molecule has 0 aliphatic heterocycles. The highest BCUT2D eigenvalue weighted by Gasteiger charge is 2.33. The van der Waals surface area contributed by atoms with Crippen LogP contribution in [0, 0.1) is 0 Å². The van der Waals surface area contributed by atoms with Crippen molar-refractivity contribution in [2.75, 3.05) is 24.6 Å². The van der Waals surface area contributed by atoms with Crippen LogP contribution in [-0.4, -0.2) is 24.6 Å². The molecule has 0 saturated carbocycles. The zero-order valence-electron chi connectivity index (χ0n) is 12.2. The molecule has 0 aromatic carbocycles. The number of halogens is 1. The van der Waals surface area contributed by atoms with Crippen molar-refractivity contribution in [1.29, 1.82) is 0 Å². The largest absolute Gasteiger partial charge is 0.147 e. The van der Waals surface area contributed by atoms with E-state index in [0.717, 1.165) is 0 Å². The Kier molecular flexibility index (Phi) is 15.0. The van der Waals surface area contributed by atoms with E-state index in [1.54, 1.807) is 0 Å². The van der Waals surface area contributed by atoms with Gasteiger partial charge in [0.25, 0.3) is 0 Å². The molecule has 0 spiro atoms. The minimum absolute atomic E-state index is 0. The summed E-state index contributed by atoms with van der Waals surface area (Å²) in [4.78, 5) is 0. The Balaban J connectivity index is 0. The molecule has 0 aromatic heterocycles. The first-order valence-corrected chi connectivity index (χ1v) is 9.73. The van der Waals surface area contributed by atoms with E-state index >= 15 is 0 Å². The second kappa shape index (κ2) is 12.9. The summed E-state index contributed by atoms with van der Waals surface area (Å²) in [5.74, 6) is 0. The highest BCUT2D eigenvalue weighted by Crippen LogP contribution is 2.60. The number of hydrogen-bond donors (Lipinski definition) is 0. The molecule has 0 fully saturated rings. The molecule has 0 rings (SSSR count). The molecule has 0 heterocycles. The van der Waals surface area contributed by atoms with Crippen molar-refractivity contribution in [3.8, 4) is 0 Å². The van der Waals surface area contributed by atoms with Crippen molar-refractivity contribution in [2.45, 2.75) is 59.3 Å². The van der Waals surface area contributed by atoms with E-state index in [9.17, 15) is 0 Å². The van der Waals surface area contributed by atoms with E-state index < -0.39 is 7.26 Å². The Hall–Kier alpha value is 0.460. The minimum Gasteiger partial charge on any atom is -0.147 e. The van der Waals surface area contributed by atoms with Crippen LogP contribution in [-0.2, 0) is 0 Å². The molecule has 0 saturated heterocycles. The lowest BCUT2D eigenvalue weighted by molar-refractivity contribution is 0.836. The van der Waals surface area contributed by atoms with Gasteiger partial charge in [0.1, 0.15) is 0 Å². The van der Waals surface area contributed by atoms with Crippen molar-refractivity contribution >= 4 is 19.7 Å². The zero-order valence-corrected chi connectivity index (χ0v) is 13.9. The highest BCUT2D eigenvalue weighted by molar-refractivity contribution is 7.76. The number of unbranched alkanes of at least 4 members (excludes halogenated alkanes) is 3. The highest BCUT2D eigenvalue weighted by atomic mass is 35.5. The van der Waals surface area contributed by atoms with Crippen LogP contribution in [0.5, 0.6) is 0 Å². The van der Waals surface area contributed by atoms with Gasteiger partial charge in [-0.25, -0.2) is 0 Å². The average Bonchev–Trinajstić information content (AvgIpc) is 2.31. The maximum atomic E-state index is 4.00. The summed E-state index contributed by atoms with van der Waals surface area (Å²) in [6.45, 7) is 11.0. The maximum Gasteiger partial charge on any atom is 0.0771 e. The summed E-state index contributed by atoms with van der Waals surface area (Å²) < 4.78 is 0. The monoisotopic (exact) mass is 279 g/mol. The third-order valence-corrected chi connectivity index (χ3v) is 8.30. The molecule has 0 aliphatic carbocycles. The Labute approximate surface area is 116 Å². The van der Waals surface area contributed by atoms with Gasteiger partial charge in [-0.3, -0.25) is 0 Å². The van der Waals surface area contributed by atoms with Gasteiger partial charge in [0, 0.05) is 7.26 Å². The fourth-order valence-electron chi connectivity index (χ4n) is 2.36. The Morgan fingerprint density at radius 2 is 1.18 bits per heavy atom. The third kappa shape index (κ3) is 9.09. The summed E-state index contributed by atoms with van der Waals surface area (Å²) in [6.07, 6.45) is 16.5. The second-order valence-corrected chi connectivity index (χ2v) is 9.43. The predicted octanol–water partition coefficient (Wildman–Crippen LogP) is 6.01. The molecular weight excluding hydrogens is 247 g/mol. The van der Waals surface area contributed by atoms with Crippen LogP contribution in [0.2, 0.25) is 0 Å². The van der Waals surface area contributed by atoms with Crippen LogP contribution in [0.1, 0.15) is 59.3 Å². The van der Waals surface area contributed by atoms with Crippen LogP contribution in [0.4, 0.5) is 0 Å². The molecule has 0 aromatic rings. The smallest absolute Gasteiger partial charge is 0.0771 e. The van der Waals surface area contributed by atoms with Gasteiger partial charge in [-0.15, -0.1) is 12.4 Å². The molecular formula is C15H33ClP+. The van der Waals surface area contributed by atoms with Gasteiger partial charge in [-0.2, -0.15) is 0 Å². The van der Waals surface area contributed by atoms with Crippen molar-refractivity contribution in [2.24, 2.45) is 0 Å². The molecule has 0 amide bonds. The fourth-order valence-corrected chi connectivity index (χ4v) is 7.09. The van der Waals surface area contributed by atoms with E-state index in [2.05, 4.69) is 33.4 Å². The molecule has 0 N–H and O–H groups in total. The van der Waals surface area contributed by atoms with Crippen molar-refractivity contribution < 1.29 is 0 Å². The van der Waals surface area contributed by atoms with E-state index in [0.29, 0.717) is 0 Å². The van der Waals surface area contributed by atoms with E-state index in [1.165, 1.54) is 63.2 Å². The van der Waals surface area contributed by atoms with Crippen molar-refractivity contribution in [3.63, 3.8) is 0 Å². The van der Waals surface area contributed by atoms with Crippen LogP contribution in [0.3, 0.4) is 0 Å². The molecule has 0 bridgehead atoms. The van der Waals surface area contributed by atoms with Crippen LogP contribution >= 0.6 is 19.7 Å². The Morgan fingerprint density at radius 3 is 1.41 bits per heavy atom. The van der Waals surface area contributed by atoms with Gasteiger partial charge in [-0.1, -0.05) is 52.7 Å². The van der Waals surface area contributed by atoms with Crippen LogP contribution in [0.25, 0.3) is 0 Å². The first-order valence-electron chi connectivity index (χ1n) is 7.20. The van der Waals surface area contributed by atoms with Crippen molar-refractivity contribution in [1.82, 2.24) is 0 Å². The average molecular weight is 280 g/mol. The van der Waals surface area contributed by atoms with Gasteiger partial charge in [0.2, 0.25) is 0 Å². The number of hydrogen-bond acceptors (Lipinski definition) is 0. The first kappa shape index (κ1) is 19.8. The van der Waals surface area contributed by atoms with Gasteiger partial charge < -0.3 is 0 Å².